The van der Waals surface area contributed by atoms with Crippen molar-refractivity contribution < 1.29 is 0 Å². The molecule has 0 saturated heterocycles. The van der Waals surface area contributed by atoms with Gasteiger partial charge in [-0.1, -0.05) is 12.2 Å². The highest BCUT2D eigenvalue weighted by atomic mass is 14.8. The van der Waals surface area contributed by atoms with Crippen LogP contribution in [0.1, 0.15) is 25.7 Å². The summed E-state index contributed by atoms with van der Waals surface area (Å²) in [5.74, 6) is 5.02. The highest BCUT2D eigenvalue weighted by Gasteiger charge is 2.72. The number of nitriles is 1. The monoisotopic (exact) mass is 238 g/mol. The number of allylic oxidation sites excluding steroid dienone is 2. The van der Waals surface area contributed by atoms with E-state index in [1.807, 2.05) is 0 Å². The second-order valence-electron chi connectivity index (χ2n) is 7.21. The minimum Gasteiger partial charge on any atom is -0.308 e. The molecule has 8 atom stereocenters. The maximum absolute atomic E-state index is 9.80. The largest absolute Gasteiger partial charge is 0.308 e. The Labute approximate surface area is 108 Å². The van der Waals surface area contributed by atoms with Crippen LogP contribution in [0.2, 0.25) is 0 Å². The van der Waals surface area contributed by atoms with Gasteiger partial charge in [0.05, 0.1) is 6.07 Å². The summed E-state index contributed by atoms with van der Waals surface area (Å²) < 4.78 is 0. The van der Waals surface area contributed by atoms with Crippen molar-refractivity contribution in [1.29, 1.82) is 10.7 Å². The first-order chi connectivity index (χ1) is 8.77. The molecule has 0 heterocycles. The van der Waals surface area contributed by atoms with Crippen LogP contribution in [-0.2, 0) is 0 Å². The van der Waals surface area contributed by atoms with Crippen molar-refractivity contribution in [1.82, 2.24) is 0 Å². The molecule has 0 amide bonds. The molecule has 4 saturated carbocycles. The van der Waals surface area contributed by atoms with Crippen molar-refractivity contribution in [2.75, 3.05) is 0 Å². The molecular formula is C16H18N2. The summed E-state index contributed by atoms with van der Waals surface area (Å²) in [6.07, 6.45) is 9.51. The summed E-state index contributed by atoms with van der Waals surface area (Å²) in [5.41, 5.74) is 0.456. The molecule has 92 valence electrons. The Morgan fingerprint density at radius 3 is 2.72 bits per heavy atom. The zero-order chi connectivity index (χ0) is 12.1. The van der Waals surface area contributed by atoms with Gasteiger partial charge < -0.3 is 5.41 Å². The number of fused-ring (bicyclic) bond motifs is 12. The van der Waals surface area contributed by atoms with Crippen LogP contribution >= 0.6 is 0 Å². The quantitative estimate of drug-likeness (QED) is 0.512. The normalized spacial score (nSPS) is 62.2. The van der Waals surface area contributed by atoms with Gasteiger partial charge in [-0.3, -0.25) is 0 Å². The molecule has 0 aromatic rings. The smallest absolute Gasteiger partial charge is 0.101 e. The van der Waals surface area contributed by atoms with Gasteiger partial charge in [-0.25, -0.2) is 0 Å². The molecule has 18 heavy (non-hydrogen) atoms. The summed E-state index contributed by atoms with van der Waals surface area (Å²) in [5, 5.41) is 18.1. The van der Waals surface area contributed by atoms with E-state index in [1.54, 1.807) is 0 Å². The average molecular weight is 238 g/mol. The van der Waals surface area contributed by atoms with E-state index in [0.29, 0.717) is 11.8 Å². The molecule has 5 aliphatic carbocycles. The first kappa shape index (κ1) is 9.78. The van der Waals surface area contributed by atoms with Crippen molar-refractivity contribution in [3.8, 4) is 6.07 Å². The molecule has 1 N–H and O–H groups in total. The van der Waals surface area contributed by atoms with Crippen LogP contribution in [0.4, 0.5) is 0 Å². The molecule has 2 nitrogen and oxygen atoms in total. The van der Waals surface area contributed by atoms with Crippen LogP contribution in [0, 0.1) is 63.6 Å². The van der Waals surface area contributed by atoms with Crippen LogP contribution in [0.15, 0.2) is 12.2 Å². The van der Waals surface area contributed by atoms with E-state index in [4.69, 9.17) is 5.41 Å². The van der Waals surface area contributed by atoms with Crippen molar-refractivity contribution >= 4 is 5.71 Å². The van der Waals surface area contributed by atoms with E-state index in [2.05, 4.69) is 18.2 Å². The zero-order valence-corrected chi connectivity index (χ0v) is 10.5. The minimum atomic E-state index is -0.329. The second-order valence-corrected chi connectivity index (χ2v) is 7.21. The fourth-order valence-electron chi connectivity index (χ4n) is 6.84. The fourth-order valence-corrected chi connectivity index (χ4v) is 6.84. The predicted molar refractivity (Wildman–Crippen MR) is 67.8 cm³/mol. The van der Waals surface area contributed by atoms with E-state index in [0.717, 1.165) is 48.1 Å². The number of hydrogen-bond acceptors (Lipinski definition) is 2. The standard InChI is InChI=1S/C16H18N2/c17-7-16-11(3-4-13(16)18)10-6-12(16)15-9-2-1-8(5-9)14(10)15/h1-2,8-12,14-15,18H,3-6H2/t8-,9-,10-,11-,12+,14+,15+,16-/m0/s1. The molecule has 4 fully saturated rings. The molecule has 2 heteroatoms. The molecule has 0 unspecified atom stereocenters. The lowest BCUT2D eigenvalue weighted by molar-refractivity contribution is 0.0932. The van der Waals surface area contributed by atoms with E-state index in [9.17, 15) is 5.26 Å². The lowest BCUT2D eigenvalue weighted by Crippen LogP contribution is -2.45. The van der Waals surface area contributed by atoms with E-state index >= 15 is 0 Å². The number of hydrogen-bond donors (Lipinski definition) is 1. The highest BCUT2D eigenvalue weighted by molar-refractivity contribution is 5.93. The van der Waals surface area contributed by atoms with Crippen molar-refractivity contribution in [2.24, 2.45) is 46.8 Å². The van der Waals surface area contributed by atoms with E-state index in [1.165, 1.54) is 12.8 Å². The Morgan fingerprint density at radius 2 is 1.94 bits per heavy atom. The van der Waals surface area contributed by atoms with Gasteiger partial charge in [-0.15, -0.1) is 0 Å². The molecule has 4 bridgehead atoms. The zero-order valence-electron chi connectivity index (χ0n) is 10.5. The van der Waals surface area contributed by atoms with Crippen molar-refractivity contribution in [2.45, 2.75) is 25.7 Å². The molecule has 5 rings (SSSR count). The Balaban J connectivity index is 1.68. The SMILES string of the molecule is N#C[C@]12C(=N)CC[C@H]1[C@@H]1C[C@@H]2[C@@H]2[C@@H]1[C@H]1C=C[C@H]2C1. The van der Waals surface area contributed by atoms with Gasteiger partial charge in [0.1, 0.15) is 5.41 Å². The molecule has 5 aliphatic rings. The highest BCUT2D eigenvalue weighted by Crippen LogP contribution is 2.74. The third-order valence-corrected chi connectivity index (χ3v) is 7.14. The topological polar surface area (TPSA) is 47.6 Å². The Bertz CT molecular complexity index is 528. The van der Waals surface area contributed by atoms with Crippen molar-refractivity contribution in [3.63, 3.8) is 0 Å². The number of nitrogens with zero attached hydrogens (tertiary/aromatic N) is 1. The molecule has 0 aromatic carbocycles. The lowest BCUT2D eigenvalue weighted by Gasteiger charge is -2.43. The summed E-state index contributed by atoms with van der Waals surface area (Å²) >= 11 is 0. The summed E-state index contributed by atoms with van der Waals surface area (Å²) in [6, 6.07) is 2.64. The molecule has 0 aliphatic heterocycles. The molecule has 0 spiro atoms. The summed E-state index contributed by atoms with van der Waals surface area (Å²) in [4.78, 5) is 0. The molecule has 0 radical (unpaired) electrons. The minimum absolute atomic E-state index is 0.329. The van der Waals surface area contributed by atoms with Crippen LogP contribution < -0.4 is 0 Å². The van der Waals surface area contributed by atoms with Gasteiger partial charge in [0.25, 0.3) is 0 Å². The van der Waals surface area contributed by atoms with Gasteiger partial charge >= 0.3 is 0 Å². The summed E-state index contributed by atoms with van der Waals surface area (Å²) in [6.45, 7) is 0. The third-order valence-electron chi connectivity index (χ3n) is 7.14. The average Bonchev–Trinajstić information content (AvgIpc) is 3.12. The second kappa shape index (κ2) is 2.74. The Kier molecular flexibility index (Phi) is 1.49. The summed E-state index contributed by atoms with van der Waals surface area (Å²) in [7, 11) is 0. The fraction of sp³-hybridized carbons (Fsp3) is 0.750. The van der Waals surface area contributed by atoms with Gasteiger partial charge in [-0.05, 0) is 67.1 Å². The lowest BCUT2D eigenvalue weighted by atomic mass is 9.58. The van der Waals surface area contributed by atoms with Crippen LogP contribution in [0.25, 0.3) is 0 Å². The van der Waals surface area contributed by atoms with Gasteiger partial charge in [0.2, 0.25) is 0 Å². The van der Waals surface area contributed by atoms with E-state index in [-0.39, 0.29) is 5.41 Å². The molecule has 0 aromatic heterocycles. The maximum atomic E-state index is 9.80. The number of nitrogens with one attached hydrogen (secondary N) is 1. The van der Waals surface area contributed by atoms with Crippen molar-refractivity contribution in [3.05, 3.63) is 12.2 Å². The van der Waals surface area contributed by atoms with Gasteiger partial charge in [0.15, 0.2) is 0 Å². The Hall–Kier alpha value is -1.10. The molecular weight excluding hydrogens is 220 g/mol. The Morgan fingerprint density at radius 1 is 1.17 bits per heavy atom. The van der Waals surface area contributed by atoms with E-state index < -0.39 is 0 Å². The van der Waals surface area contributed by atoms with Gasteiger partial charge in [-0.2, -0.15) is 5.26 Å². The first-order valence-corrected chi connectivity index (χ1v) is 7.45. The third kappa shape index (κ3) is 0.751. The number of rotatable bonds is 0. The van der Waals surface area contributed by atoms with Crippen LogP contribution in [0.5, 0.6) is 0 Å². The maximum Gasteiger partial charge on any atom is 0.101 e. The first-order valence-electron chi connectivity index (χ1n) is 7.45. The van der Waals surface area contributed by atoms with Crippen LogP contribution in [0.3, 0.4) is 0 Å². The van der Waals surface area contributed by atoms with Gasteiger partial charge in [0, 0.05) is 5.71 Å². The van der Waals surface area contributed by atoms with Crippen LogP contribution in [-0.4, -0.2) is 5.71 Å². The predicted octanol–water partition coefficient (Wildman–Crippen LogP) is 3.01.